The van der Waals surface area contributed by atoms with Gasteiger partial charge in [0, 0.05) is 48.1 Å². The first kappa shape index (κ1) is 16.9. The van der Waals surface area contributed by atoms with Crippen LogP contribution in [0.3, 0.4) is 0 Å². The van der Waals surface area contributed by atoms with Crippen molar-refractivity contribution in [2.45, 2.75) is 39.5 Å². The number of nitrogens with zero attached hydrogens (tertiary/aromatic N) is 3. The van der Waals surface area contributed by atoms with E-state index in [1.807, 2.05) is 0 Å². The minimum absolute atomic E-state index is 0.00799. The summed E-state index contributed by atoms with van der Waals surface area (Å²) in [5.74, 6) is 0.0842. The normalized spacial score (nSPS) is 31.9. The van der Waals surface area contributed by atoms with Gasteiger partial charge in [0.25, 0.3) is 0 Å². The molecule has 5 rings (SSSR count). The average Bonchev–Trinajstić information content (AvgIpc) is 2.98. The largest absolute Gasteiger partial charge is 0.336 e. The second-order valence-corrected chi connectivity index (χ2v) is 8.80. The van der Waals surface area contributed by atoms with E-state index in [1.165, 1.54) is 11.4 Å². The maximum atomic E-state index is 12.5. The molecule has 0 radical (unpaired) electrons. The molecule has 5 heteroatoms. The molecule has 0 N–H and O–H groups in total. The zero-order valence-electron chi connectivity index (χ0n) is 16.1. The van der Waals surface area contributed by atoms with E-state index in [-0.39, 0.29) is 17.5 Å². The molecular weight excluding hydrogens is 338 g/mol. The van der Waals surface area contributed by atoms with Gasteiger partial charge in [-0.05, 0) is 12.5 Å². The summed E-state index contributed by atoms with van der Waals surface area (Å²) in [6.45, 7) is 7.46. The van der Waals surface area contributed by atoms with E-state index >= 15 is 0 Å². The Morgan fingerprint density at radius 3 is 2.96 bits per heavy atom. The van der Waals surface area contributed by atoms with Gasteiger partial charge in [0.15, 0.2) is 5.70 Å². The van der Waals surface area contributed by atoms with Crippen LogP contribution in [0.4, 0.5) is 0 Å². The van der Waals surface area contributed by atoms with Crippen LogP contribution in [0.2, 0.25) is 0 Å². The van der Waals surface area contributed by atoms with Crippen molar-refractivity contribution in [3.8, 4) is 0 Å². The van der Waals surface area contributed by atoms with Gasteiger partial charge in [0.2, 0.25) is 11.6 Å². The summed E-state index contributed by atoms with van der Waals surface area (Å²) in [6, 6.07) is 0. The Kier molecular flexibility index (Phi) is 3.66. The Labute approximate surface area is 160 Å². The van der Waals surface area contributed by atoms with Crippen molar-refractivity contribution in [3.05, 3.63) is 47.2 Å². The summed E-state index contributed by atoms with van der Waals surface area (Å²) in [7, 11) is 0. The van der Waals surface area contributed by atoms with Crippen molar-refractivity contribution in [3.63, 3.8) is 0 Å². The Hall–Kier alpha value is -2.27. The third-order valence-electron chi connectivity index (χ3n) is 6.41. The van der Waals surface area contributed by atoms with E-state index in [2.05, 4.69) is 43.3 Å². The number of carbonyl (C=O) groups excluding carboxylic acids is 2. The lowest BCUT2D eigenvalue weighted by atomic mass is 9.80. The summed E-state index contributed by atoms with van der Waals surface area (Å²) in [6.07, 6.45) is 12.1. The number of rotatable bonds is 2. The van der Waals surface area contributed by atoms with Gasteiger partial charge in [-0.1, -0.05) is 19.9 Å². The van der Waals surface area contributed by atoms with Crippen LogP contribution < -0.4 is 0 Å². The second-order valence-electron chi connectivity index (χ2n) is 8.80. The highest BCUT2D eigenvalue weighted by atomic mass is 16.2. The summed E-state index contributed by atoms with van der Waals surface area (Å²) in [5, 5.41) is 0. The zero-order valence-corrected chi connectivity index (χ0v) is 16.1. The Morgan fingerprint density at radius 2 is 2.15 bits per heavy atom. The van der Waals surface area contributed by atoms with E-state index in [0.29, 0.717) is 24.3 Å². The minimum Gasteiger partial charge on any atom is -0.336 e. The van der Waals surface area contributed by atoms with Gasteiger partial charge in [-0.3, -0.25) is 19.1 Å². The first-order valence-corrected chi connectivity index (χ1v) is 10.1. The fourth-order valence-corrected chi connectivity index (χ4v) is 5.31. The molecule has 1 aliphatic carbocycles. The van der Waals surface area contributed by atoms with Crippen molar-refractivity contribution in [2.75, 3.05) is 19.6 Å². The van der Waals surface area contributed by atoms with E-state index in [4.69, 9.17) is 4.99 Å². The summed E-state index contributed by atoms with van der Waals surface area (Å²) in [5.41, 5.74) is 5.25. The number of fused-ring (bicyclic) bond motifs is 4. The van der Waals surface area contributed by atoms with Crippen LogP contribution in [-0.4, -0.2) is 46.3 Å². The first-order valence-electron chi connectivity index (χ1n) is 10.1. The number of Topliss-reactive ketones (excluding diaryl/α,β-unsaturated/α-hetero) is 2. The molecule has 140 valence electrons. The number of quaternary nitrogens is 1. The molecule has 0 spiro atoms. The van der Waals surface area contributed by atoms with Crippen LogP contribution in [0.25, 0.3) is 0 Å². The van der Waals surface area contributed by atoms with Gasteiger partial charge in [0.1, 0.15) is 6.20 Å². The first-order chi connectivity index (χ1) is 13.0. The van der Waals surface area contributed by atoms with Crippen molar-refractivity contribution in [1.29, 1.82) is 0 Å². The maximum absolute atomic E-state index is 12.5. The third kappa shape index (κ3) is 2.52. The smallest absolute Gasteiger partial charge is 0.227 e. The monoisotopic (exact) mass is 364 g/mol. The molecule has 27 heavy (non-hydrogen) atoms. The number of carbonyl (C=O) groups is 2. The number of ketones is 2. The number of aliphatic imine (C=N–C) groups is 1. The molecule has 0 saturated carbocycles. The van der Waals surface area contributed by atoms with Crippen molar-refractivity contribution >= 4 is 17.3 Å². The number of allylic oxidation sites excluding steroid dienone is 4. The van der Waals surface area contributed by atoms with Crippen LogP contribution in [0.1, 0.15) is 39.5 Å². The SMILES string of the molecule is CC(C)C[N@@+]12C=C3C[C@H]4C(=NC5=C4C(=O)C(=O)CC5)CN3C=C1C=CCC2. The molecule has 5 aliphatic rings. The fourth-order valence-electron chi connectivity index (χ4n) is 5.31. The lowest BCUT2D eigenvalue weighted by Gasteiger charge is -2.45. The molecule has 0 unspecified atom stereocenters. The maximum Gasteiger partial charge on any atom is 0.227 e. The van der Waals surface area contributed by atoms with Crippen molar-refractivity contribution in [1.82, 2.24) is 4.90 Å². The number of hydrogen-bond donors (Lipinski definition) is 0. The van der Waals surface area contributed by atoms with Gasteiger partial charge in [-0.2, -0.15) is 0 Å². The highest BCUT2D eigenvalue weighted by Crippen LogP contribution is 2.43. The van der Waals surface area contributed by atoms with Gasteiger partial charge >= 0.3 is 0 Å². The lowest BCUT2D eigenvalue weighted by Crippen LogP contribution is -2.51. The van der Waals surface area contributed by atoms with Crippen LogP contribution >= 0.6 is 0 Å². The Morgan fingerprint density at radius 1 is 1.30 bits per heavy atom. The molecule has 1 saturated heterocycles. The Balaban J connectivity index is 1.52. The molecule has 0 aromatic heterocycles. The third-order valence-corrected chi connectivity index (χ3v) is 6.41. The quantitative estimate of drug-likeness (QED) is 0.559. The van der Waals surface area contributed by atoms with Gasteiger partial charge in [-0.15, -0.1) is 0 Å². The molecular formula is C22H26N3O2+. The molecule has 5 nitrogen and oxygen atoms in total. The van der Waals surface area contributed by atoms with Crippen LogP contribution in [-0.2, 0) is 9.59 Å². The standard InChI is InChI=1S/C22H26N3O2/c1-14(2)12-25-8-4-3-5-16(25)10-24-11-19-17(9-15(24)13-25)21-18(23-19)6-7-20(26)22(21)27/h3,5,10,13-14,17H,4,6-9,11-12H2,1-2H3/q+1/t17-,25-/m0/s1. The minimum atomic E-state index is -0.284. The second kappa shape index (κ2) is 5.86. The number of hydrogen-bond acceptors (Lipinski definition) is 4. The van der Waals surface area contributed by atoms with E-state index < -0.39 is 0 Å². The van der Waals surface area contributed by atoms with E-state index in [1.54, 1.807) is 0 Å². The molecule has 1 fully saturated rings. The van der Waals surface area contributed by atoms with E-state index in [9.17, 15) is 9.59 Å². The predicted octanol–water partition coefficient (Wildman–Crippen LogP) is 3.08. The highest BCUT2D eigenvalue weighted by Gasteiger charge is 2.46. The number of piperidine rings is 1. The molecule has 4 aliphatic heterocycles. The fraction of sp³-hybridized carbons (Fsp3) is 0.500. The zero-order chi connectivity index (χ0) is 18.8. The van der Waals surface area contributed by atoms with Crippen LogP contribution in [0.15, 0.2) is 52.2 Å². The lowest BCUT2D eigenvalue weighted by molar-refractivity contribution is -0.845. The van der Waals surface area contributed by atoms with Crippen molar-refractivity contribution < 1.29 is 14.1 Å². The van der Waals surface area contributed by atoms with Crippen LogP contribution in [0.5, 0.6) is 0 Å². The molecule has 0 aromatic carbocycles. The molecule has 0 amide bonds. The summed E-state index contributed by atoms with van der Waals surface area (Å²) in [4.78, 5) is 31.6. The van der Waals surface area contributed by atoms with Crippen LogP contribution in [0, 0.1) is 11.8 Å². The molecule has 4 heterocycles. The average molecular weight is 364 g/mol. The molecule has 0 bridgehead atoms. The van der Waals surface area contributed by atoms with Gasteiger partial charge in [0.05, 0.1) is 31.5 Å². The summed E-state index contributed by atoms with van der Waals surface area (Å²) < 4.78 is 0.901. The Bertz CT molecular complexity index is 903. The molecule has 2 atom stereocenters. The van der Waals surface area contributed by atoms with Gasteiger partial charge in [-0.25, -0.2) is 0 Å². The highest BCUT2D eigenvalue weighted by molar-refractivity contribution is 6.45. The van der Waals surface area contributed by atoms with Crippen molar-refractivity contribution in [2.24, 2.45) is 16.8 Å². The van der Waals surface area contributed by atoms with Gasteiger partial charge < -0.3 is 4.90 Å². The molecule has 0 aromatic rings. The predicted molar refractivity (Wildman–Crippen MR) is 103 cm³/mol. The summed E-state index contributed by atoms with van der Waals surface area (Å²) >= 11 is 0. The van der Waals surface area contributed by atoms with E-state index in [0.717, 1.165) is 48.4 Å². The topological polar surface area (TPSA) is 49.7 Å².